The zero-order chi connectivity index (χ0) is 19.0. The second-order valence-electron chi connectivity index (χ2n) is 7.97. The predicted molar refractivity (Wildman–Crippen MR) is 103 cm³/mol. The molecule has 2 saturated heterocycles. The number of carbonyl (C=O) groups is 1. The Kier molecular flexibility index (Phi) is 4.77. The molecule has 2 aromatic rings. The van der Waals surface area contributed by atoms with Crippen LogP contribution in [0.5, 0.6) is 0 Å². The molecule has 146 valence electrons. The van der Waals surface area contributed by atoms with Gasteiger partial charge >= 0.3 is 0 Å². The maximum absolute atomic E-state index is 13.1. The molecule has 0 radical (unpaired) electrons. The minimum Gasteiger partial charge on any atom is -0.388 e. The lowest BCUT2D eigenvalue weighted by molar-refractivity contribution is -0.00290. The van der Waals surface area contributed by atoms with Crippen LogP contribution < -0.4 is 5.73 Å². The van der Waals surface area contributed by atoms with E-state index in [2.05, 4.69) is 15.0 Å². The van der Waals surface area contributed by atoms with Gasteiger partial charge in [-0.05, 0) is 52.1 Å². The summed E-state index contributed by atoms with van der Waals surface area (Å²) in [6, 6.07) is 1.83. The first kappa shape index (κ1) is 18.2. The zero-order valence-corrected chi connectivity index (χ0v) is 15.9. The number of nitrogen functional groups attached to an aromatic ring is 1. The fourth-order valence-electron chi connectivity index (χ4n) is 4.30. The van der Waals surface area contributed by atoms with Gasteiger partial charge in [0.2, 0.25) is 0 Å². The topological polar surface area (TPSA) is 100.0 Å². The minimum atomic E-state index is -0.716. The average molecular weight is 372 g/mol. The predicted octanol–water partition coefficient (Wildman–Crippen LogP) is 1.07. The molecule has 2 aliphatic rings. The summed E-state index contributed by atoms with van der Waals surface area (Å²) < 4.78 is 1.52. The number of fused-ring (bicyclic) bond motifs is 1. The fourth-order valence-corrected chi connectivity index (χ4v) is 4.30. The molecule has 4 rings (SSSR count). The van der Waals surface area contributed by atoms with E-state index in [0.29, 0.717) is 43.1 Å². The number of aromatic nitrogens is 3. The number of aryl methyl sites for hydroxylation is 1. The number of anilines is 1. The van der Waals surface area contributed by atoms with E-state index in [1.807, 2.05) is 13.0 Å². The number of β-amino-alcohol motifs (C(OH)–C–C–N with tert-alkyl or cyclic N) is 1. The van der Waals surface area contributed by atoms with Crippen LogP contribution in [-0.4, -0.2) is 73.7 Å². The Morgan fingerprint density at radius 3 is 2.78 bits per heavy atom. The number of nitrogens with zero attached hydrogens (tertiary/aromatic N) is 5. The first-order valence-electron chi connectivity index (χ1n) is 9.80. The second-order valence-corrected chi connectivity index (χ2v) is 7.97. The van der Waals surface area contributed by atoms with Gasteiger partial charge in [-0.25, -0.2) is 4.98 Å². The van der Waals surface area contributed by atoms with E-state index in [9.17, 15) is 9.90 Å². The molecule has 1 amide bonds. The molecular formula is C19H28N6O2. The molecule has 8 heteroatoms. The minimum absolute atomic E-state index is 0.138. The molecule has 2 aliphatic heterocycles. The Hall–Kier alpha value is -2.19. The van der Waals surface area contributed by atoms with Crippen LogP contribution in [0.25, 0.3) is 5.65 Å². The number of likely N-dealkylation sites (tertiary alicyclic amines) is 2. The van der Waals surface area contributed by atoms with Gasteiger partial charge in [-0.2, -0.15) is 9.61 Å². The van der Waals surface area contributed by atoms with Gasteiger partial charge in [0.15, 0.2) is 5.65 Å². The molecule has 0 aromatic carbocycles. The van der Waals surface area contributed by atoms with Crippen LogP contribution in [0.1, 0.15) is 48.2 Å². The van der Waals surface area contributed by atoms with E-state index in [1.165, 1.54) is 23.6 Å². The van der Waals surface area contributed by atoms with E-state index in [4.69, 9.17) is 5.73 Å². The second kappa shape index (κ2) is 7.09. The highest BCUT2D eigenvalue weighted by molar-refractivity contribution is 5.98. The van der Waals surface area contributed by atoms with Gasteiger partial charge in [0.05, 0.1) is 11.3 Å². The lowest BCUT2D eigenvalue weighted by atomic mass is 9.94. The van der Waals surface area contributed by atoms with Gasteiger partial charge in [-0.15, -0.1) is 0 Å². The summed E-state index contributed by atoms with van der Waals surface area (Å²) in [5.41, 5.74) is 7.30. The number of rotatable bonds is 3. The summed E-state index contributed by atoms with van der Waals surface area (Å²) in [5.74, 6) is 0.176. The number of hydrogen-bond acceptors (Lipinski definition) is 6. The average Bonchev–Trinajstić information content (AvgIpc) is 3.22. The van der Waals surface area contributed by atoms with Crippen molar-refractivity contribution in [1.29, 1.82) is 0 Å². The Morgan fingerprint density at radius 1 is 1.22 bits per heavy atom. The van der Waals surface area contributed by atoms with E-state index >= 15 is 0 Å². The standard InChI is InChI=1S/C19H28N6O2/c1-14-11-16-21-12-15(17(20)25(16)22-14)18(26)24-9-4-5-19(27,6-10-24)13-23-7-2-3-8-23/h11-12,27H,2-10,13,20H2,1H3/t19-/m1/s1. The van der Waals surface area contributed by atoms with Crippen molar-refractivity contribution in [2.45, 2.75) is 44.6 Å². The van der Waals surface area contributed by atoms with E-state index in [-0.39, 0.29) is 5.91 Å². The van der Waals surface area contributed by atoms with Crippen molar-refractivity contribution in [3.63, 3.8) is 0 Å². The summed E-state index contributed by atoms with van der Waals surface area (Å²) in [5, 5.41) is 15.4. The van der Waals surface area contributed by atoms with Crippen LogP contribution in [-0.2, 0) is 0 Å². The van der Waals surface area contributed by atoms with E-state index < -0.39 is 5.60 Å². The number of nitrogens with two attached hydrogens (primary N) is 1. The molecule has 0 aliphatic carbocycles. The van der Waals surface area contributed by atoms with Crippen LogP contribution in [0, 0.1) is 6.92 Å². The SMILES string of the molecule is Cc1cc2ncc(C(=O)N3CCC[C@](O)(CN4CCCC4)CC3)c(N)n2n1. The largest absolute Gasteiger partial charge is 0.388 e. The monoisotopic (exact) mass is 372 g/mol. The molecular weight excluding hydrogens is 344 g/mol. The zero-order valence-electron chi connectivity index (χ0n) is 15.9. The highest BCUT2D eigenvalue weighted by Gasteiger charge is 2.34. The van der Waals surface area contributed by atoms with E-state index in [0.717, 1.165) is 31.6 Å². The highest BCUT2D eigenvalue weighted by atomic mass is 16.3. The number of hydrogen-bond donors (Lipinski definition) is 2. The third-order valence-electron chi connectivity index (χ3n) is 5.79. The van der Waals surface area contributed by atoms with Crippen LogP contribution in [0.3, 0.4) is 0 Å². The lowest BCUT2D eigenvalue weighted by Crippen LogP contribution is -2.43. The highest BCUT2D eigenvalue weighted by Crippen LogP contribution is 2.26. The summed E-state index contributed by atoms with van der Waals surface area (Å²) in [6.07, 6.45) is 6.05. The number of amides is 1. The smallest absolute Gasteiger partial charge is 0.259 e. The lowest BCUT2D eigenvalue weighted by Gasteiger charge is -2.31. The van der Waals surface area contributed by atoms with Crippen molar-refractivity contribution in [1.82, 2.24) is 24.4 Å². The van der Waals surface area contributed by atoms with Crippen molar-refractivity contribution in [2.75, 3.05) is 38.5 Å². The molecule has 4 heterocycles. The van der Waals surface area contributed by atoms with Gasteiger partial charge < -0.3 is 20.6 Å². The third kappa shape index (κ3) is 3.64. The van der Waals surface area contributed by atoms with Gasteiger partial charge in [0.25, 0.3) is 5.91 Å². The molecule has 3 N–H and O–H groups in total. The molecule has 0 saturated carbocycles. The summed E-state index contributed by atoms with van der Waals surface area (Å²) in [6.45, 7) is 5.85. The van der Waals surface area contributed by atoms with Crippen molar-refractivity contribution in [2.24, 2.45) is 0 Å². The van der Waals surface area contributed by atoms with Gasteiger partial charge in [0, 0.05) is 31.9 Å². The fraction of sp³-hybridized carbons (Fsp3) is 0.632. The summed E-state index contributed by atoms with van der Waals surface area (Å²) >= 11 is 0. The molecule has 2 aromatic heterocycles. The number of aliphatic hydroxyl groups is 1. The van der Waals surface area contributed by atoms with Crippen LogP contribution in [0.2, 0.25) is 0 Å². The Labute approximate surface area is 159 Å². The van der Waals surface area contributed by atoms with E-state index in [1.54, 1.807) is 4.90 Å². The van der Waals surface area contributed by atoms with Gasteiger partial charge in [-0.1, -0.05) is 0 Å². The molecule has 8 nitrogen and oxygen atoms in total. The number of carbonyl (C=O) groups excluding carboxylic acids is 1. The first-order chi connectivity index (χ1) is 13.0. The maximum atomic E-state index is 13.1. The van der Waals surface area contributed by atoms with Gasteiger partial charge in [0.1, 0.15) is 11.4 Å². The molecule has 0 spiro atoms. The Bertz CT molecular complexity index is 844. The molecule has 0 unspecified atom stereocenters. The van der Waals surface area contributed by atoms with Crippen LogP contribution in [0.15, 0.2) is 12.3 Å². The Morgan fingerprint density at radius 2 is 2.00 bits per heavy atom. The Balaban J connectivity index is 1.48. The van der Waals surface area contributed by atoms with Gasteiger partial charge in [-0.3, -0.25) is 4.79 Å². The molecule has 1 atom stereocenters. The maximum Gasteiger partial charge on any atom is 0.259 e. The van der Waals surface area contributed by atoms with Crippen molar-refractivity contribution >= 4 is 17.4 Å². The van der Waals surface area contributed by atoms with Crippen molar-refractivity contribution in [3.05, 3.63) is 23.5 Å². The third-order valence-corrected chi connectivity index (χ3v) is 5.79. The normalized spacial score (nSPS) is 24.4. The molecule has 27 heavy (non-hydrogen) atoms. The molecule has 0 bridgehead atoms. The summed E-state index contributed by atoms with van der Waals surface area (Å²) in [7, 11) is 0. The van der Waals surface area contributed by atoms with Crippen molar-refractivity contribution < 1.29 is 9.90 Å². The van der Waals surface area contributed by atoms with Crippen LogP contribution in [0.4, 0.5) is 5.82 Å². The summed E-state index contributed by atoms with van der Waals surface area (Å²) in [4.78, 5) is 21.5. The van der Waals surface area contributed by atoms with Crippen LogP contribution >= 0.6 is 0 Å². The molecule has 2 fully saturated rings. The quantitative estimate of drug-likeness (QED) is 0.836. The first-order valence-corrected chi connectivity index (χ1v) is 9.80. The van der Waals surface area contributed by atoms with Crippen molar-refractivity contribution in [3.8, 4) is 0 Å².